The van der Waals surface area contributed by atoms with Crippen LogP contribution in [0.4, 0.5) is 0 Å². The van der Waals surface area contributed by atoms with Crippen LogP contribution in [0.15, 0.2) is 23.1 Å². The van der Waals surface area contributed by atoms with Crippen LogP contribution in [0.25, 0.3) is 0 Å². The predicted molar refractivity (Wildman–Crippen MR) is 70.6 cm³/mol. The summed E-state index contributed by atoms with van der Waals surface area (Å²) in [5, 5.41) is 3.86. The Morgan fingerprint density at radius 2 is 2.25 bits per heavy atom. The van der Waals surface area contributed by atoms with Crippen molar-refractivity contribution < 1.29 is 14.1 Å². The average Bonchev–Trinajstić information content (AvgIpc) is 3.01. The van der Waals surface area contributed by atoms with E-state index in [4.69, 9.17) is 9.26 Å². The lowest BCUT2D eigenvalue weighted by Gasteiger charge is -2.37. The van der Waals surface area contributed by atoms with Crippen LogP contribution in [0, 0.1) is 11.8 Å². The van der Waals surface area contributed by atoms with Crippen molar-refractivity contribution >= 4 is 5.91 Å². The molecule has 1 aliphatic carbocycles. The van der Waals surface area contributed by atoms with Crippen molar-refractivity contribution in [3.05, 3.63) is 24.4 Å². The van der Waals surface area contributed by atoms with Crippen LogP contribution in [0.5, 0.6) is 0 Å². The van der Waals surface area contributed by atoms with Crippen LogP contribution in [0.1, 0.15) is 31.6 Å². The fourth-order valence-electron chi connectivity index (χ4n) is 2.91. The standard InChI is InChI=1S/C14H19N3O3/c1-10-4-2-3-5-11(10)14(18)17-6-7-19-8-12(17)13-15-9-20-16-13/h2-3,9-12H,4-8H2,1H3/t10-,11-,12?/m1/s1. The molecule has 108 valence electrons. The molecule has 1 aromatic rings. The Morgan fingerprint density at radius 3 is 3.00 bits per heavy atom. The van der Waals surface area contributed by atoms with Crippen LogP contribution in [-0.4, -0.2) is 40.7 Å². The summed E-state index contributed by atoms with van der Waals surface area (Å²) in [6.07, 6.45) is 7.33. The molecule has 3 atom stereocenters. The second-order valence-corrected chi connectivity index (χ2v) is 5.44. The molecule has 0 radical (unpaired) electrons. The molecule has 1 saturated heterocycles. The number of hydrogen-bond donors (Lipinski definition) is 0. The molecule has 20 heavy (non-hydrogen) atoms. The van der Waals surface area contributed by atoms with Crippen LogP contribution < -0.4 is 0 Å². The summed E-state index contributed by atoms with van der Waals surface area (Å²) in [4.78, 5) is 18.7. The first-order valence-corrected chi connectivity index (χ1v) is 7.07. The molecule has 6 heteroatoms. The molecule has 0 saturated carbocycles. The number of morpholine rings is 1. The van der Waals surface area contributed by atoms with E-state index in [0.29, 0.717) is 31.5 Å². The highest BCUT2D eigenvalue weighted by atomic mass is 16.5. The normalized spacial score (nSPS) is 30.4. The predicted octanol–water partition coefficient (Wildman–Crippen LogP) is 1.57. The summed E-state index contributed by atoms with van der Waals surface area (Å²) in [6.45, 7) is 3.72. The Bertz CT molecular complexity index is 486. The van der Waals surface area contributed by atoms with Gasteiger partial charge in [-0.15, -0.1) is 0 Å². The second-order valence-electron chi connectivity index (χ2n) is 5.44. The summed E-state index contributed by atoms with van der Waals surface area (Å²) in [5.74, 6) is 1.13. The first kappa shape index (κ1) is 13.3. The molecule has 1 fully saturated rings. The molecule has 0 bridgehead atoms. The van der Waals surface area contributed by atoms with Gasteiger partial charge in [-0.3, -0.25) is 4.79 Å². The number of ether oxygens (including phenoxy) is 1. The number of allylic oxidation sites excluding steroid dienone is 2. The van der Waals surface area contributed by atoms with E-state index >= 15 is 0 Å². The van der Waals surface area contributed by atoms with Crippen molar-refractivity contribution in [1.82, 2.24) is 15.0 Å². The van der Waals surface area contributed by atoms with Gasteiger partial charge in [0.2, 0.25) is 12.3 Å². The zero-order chi connectivity index (χ0) is 13.9. The van der Waals surface area contributed by atoms with Gasteiger partial charge in [0.15, 0.2) is 5.82 Å². The molecule has 2 heterocycles. The molecule has 0 spiro atoms. The van der Waals surface area contributed by atoms with E-state index in [0.717, 1.165) is 12.8 Å². The maximum atomic E-state index is 12.8. The van der Waals surface area contributed by atoms with Crippen LogP contribution in [0.2, 0.25) is 0 Å². The highest BCUT2D eigenvalue weighted by molar-refractivity contribution is 5.80. The molecule has 0 aromatic carbocycles. The summed E-state index contributed by atoms with van der Waals surface area (Å²) in [5.41, 5.74) is 0. The first-order valence-electron chi connectivity index (χ1n) is 7.07. The van der Waals surface area contributed by atoms with E-state index in [1.54, 1.807) is 0 Å². The van der Waals surface area contributed by atoms with Gasteiger partial charge in [-0.05, 0) is 18.8 Å². The first-order chi connectivity index (χ1) is 9.77. The lowest BCUT2D eigenvalue weighted by atomic mass is 9.83. The lowest BCUT2D eigenvalue weighted by molar-refractivity contribution is -0.146. The molecule has 0 N–H and O–H groups in total. The van der Waals surface area contributed by atoms with Crippen molar-refractivity contribution in [1.29, 1.82) is 0 Å². The number of rotatable bonds is 2. The number of aromatic nitrogens is 2. The van der Waals surface area contributed by atoms with Crippen molar-refractivity contribution in [3.63, 3.8) is 0 Å². The molecule has 6 nitrogen and oxygen atoms in total. The minimum absolute atomic E-state index is 0.0486. The number of amides is 1. The monoisotopic (exact) mass is 277 g/mol. The highest BCUT2D eigenvalue weighted by Crippen LogP contribution is 2.30. The van der Waals surface area contributed by atoms with E-state index in [9.17, 15) is 4.79 Å². The number of carbonyl (C=O) groups excluding carboxylic acids is 1. The third-order valence-electron chi connectivity index (χ3n) is 4.16. The zero-order valence-electron chi connectivity index (χ0n) is 11.6. The molecular formula is C14H19N3O3. The Kier molecular flexibility index (Phi) is 3.82. The highest BCUT2D eigenvalue weighted by Gasteiger charge is 2.36. The Morgan fingerprint density at radius 1 is 1.40 bits per heavy atom. The topological polar surface area (TPSA) is 68.5 Å². The minimum atomic E-state index is -0.229. The fourth-order valence-corrected chi connectivity index (χ4v) is 2.91. The summed E-state index contributed by atoms with van der Waals surface area (Å²) >= 11 is 0. The smallest absolute Gasteiger partial charge is 0.227 e. The van der Waals surface area contributed by atoms with Gasteiger partial charge in [-0.2, -0.15) is 4.98 Å². The zero-order valence-corrected chi connectivity index (χ0v) is 11.6. The number of hydrogen-bond acceptors (Lipinski definition) is 5. The largest absolute Gasteiger partial charge is 0.377 e. The van der Waals surface area contributed by atoms with Gasteiger partial charge in [0.25, 0.3) is 0 Å². The Hall–Kier alpha value is -1.69. The molecule has 3 rings (SSSR count). The quantitative estimate of drug-likeness (QED) is 0.768. The fraction of sp³-hybridized carbons (Fsp3) is 0.643. The van der Waals surface area contributed by atoms with Gasteiger partial charge in [0.05, 0.1) is 13.2 Å². The third-order valence-corrected chi connectivity index (χ3v) is 4.16. The minimum Gasteiger partial charge on any atom is -0.377 e. The maximum Gasteiger partial charge on any atom is 0.227 e. The lowest BCUT2D eigenvalue weighted by Crippen LogP contribution is -2.47. The van der Waals surface area contributed by atoms with E-state index in [1.807, 2.05) is 4.90 Å². The molecule has 2 aliphatic rings. The number of nitrogens with zero attached hydrogens (tertiary/aromatic N) is 3. The van der Waals surface area contributed by atoms with Crippen LogP contribution in [-0.2, 0) is 9.53 Å². The average molecular weight is 277 g/mol. The van der Waals surface area contributed by atoms with Crippen molar-refractivity contribution in [3.8, 4) is 0 Å². The molecular weight excluding hydrogens is 258 g/mol. The van der Waals surface area contributed by atoms with Crippen molar-refractivity contribution in [2.45, 2.75) is 25.8 Å². The van der Waals surface area contributed by atoms with Gasteiger partial charge < -0.3 is 14.2 Å². The molecule has 1 aliphatic heterocycles. The molecule has 1 amide bonds. The van der Waals surface area contributed by atoms with E-state index in [2.05, 4.69) is 29.2 Å². The molecule has 1 unspecified atom stereocenters. The SMILES string of the molecule is C[C@@H]1CC=CC[C@H]1C(=O)N1CCOCC1c1ncon1. The Balaban J connectivity index is 1.79. The second kappa shape index (κ2) is 5.75. The Labute approximate surface area is 117 Å². The summed E-state index contributed by atoms with van der Waals surface area (Å²) in [6, 6.07) is -0.229. The number of carbonyl (C=O) groups is 1. The third kappa shape index (κ3) is 2.47. The van der Waals surface area contributed by atoms with Gasteiger partial charge in [0.1, 0.15) is 6.04 Å². The molecule has 1 aromatic heterocycles. The van der Waals surface area contributed by atoms with Crippen molar-refractivity contribution in [2.24, 2.45) is 11.8 Å². The van der Waals surface area contributed by atoms with Crippen molar-refractivity contribution in [2.75, 3.05) is 19.8 Å². The summed E-state index contributed by atoms with van der Waals surface area (Å²) in [7, 11) is 0. The van der Waals surface area contributed by atoms with Gasteiger partial charge in [-0.25, -0.2) is 0 Å². The van der Waals surface area contributed by atoms with Gasteiger partial charge >= 0.3 is 0 Å². The van der Waals surface area contributed by atoms with E-state index in [-0.39, 0.29) is 17.9 Å². The van der Waals surface area contributed by atoms with Gasteiger partial charge in [0, 0.05) is 12.5 Å². The maximum absolute atomic E-state index is 12.8. The van der Waals surface area contributed by atoms with E-state index < -0.39 is 0 Å². The van der Waals surface area contributed by atoms with Crippen LogP contribution >= 0.6 is 0 Å². The van der Waals surface area contributed by atoms with Crippen LogP contribution in [0.3, 0.4) is 0 Å². The summed E-state index contributed by atoms with van der Waals surface area (Å²) < 4.78 is 10.3. The van der Waals surface area contributed by atoms with Gasteiger partial charge in [-0.1, -0.05) is 24.2 Å². The van der Waals surface area contributed by atoms with E-state index in [1.165, 1.54) is 6.39 Å².